The lowest BCUT2D eigenvalue weighted by atomic mass is 10.1. The van der Waals surface area contributed by atoms with Crippen LogP contribution in [-0.4, -0.2) is 85.1 Å². The third-order valence-electron chi connectivity index (χ3n) is 7.12. The lowest BCUT2D eigenvalue weighted by molar-refractivity contribution is -0.139. The minimum Gasteiger partial charge on any atom is -0.508 e. The number of aromatic nitrogens is 1. The molecular formula is C34H43N5O9. The highest BCUT2D eigenvalue weighted by atomic mass is 16.4. The minimum atomic E-state index is -1.02. The van der Waals surface area contributed by atoms with Crippen LogP contribution in [0.15, 0.2) is 85.1 Å². The molecule has 3 aromatic carbocycles. The van der Waals surface area contributed by atoms with Crippen LogP contribution in [0.4, 0.5) is 0 Å². The van der Waals surface area contributed by atoms with Crippen molar-refractivity contribution in [2.24, 2.45) is 17.2 Å². The highest BCUT2D eigenvalue weighted by molar-refractivity contribution is 5.84. The number of nitrogens with two attached hydrogens (primary N) is 3. The number of carboxylic acids is 4. The van der Waals surface area contributed by atoms with E-state index in [-0.39, 0.29) is 18.2 Å². The van der Waals surface area contributed by atoms with E-state index in [1.165, 1.54) is 12.1 Å². The average molecular weight is 666 g/mol. The normalized spacial score (nSPS) is 15.2. The van der Waals surface area contributed by atoms with Crippen molar-refractivity contribution in [2.45, 2.75) is 56.3 Å². The molecule has 1 aromatic heterocycles. The second-order valence-corrected chi connectivity index (χ2v) is 10.9. The van der Waals surface area contributed by atoms with E-state index in [9.17, 15) is 19.2 Å². The molecule has 0 radical (unpaired) electrons. The van der Waals surface area contributed by atoms with Gasteiger partial charge < -0.3 is 53.0 Å². The van der Waals surface area contributed by atoms with E-state index >= 15 is 0 Å². The largest absolute Gasteiger partial charge is 0.508 e. The first kappa shape index (κ1) is 38.9. The molecule has 0 saturated carbocycles. The van der Waals surface area contributed by atoms with Crippen LogP contribution in [0.1, 0.15) is 29.5 Å². The Balaban J connectivity index is 0.000000227. The van der Waals surface area contributed by atoms with Crippen LogP contribution < -0.4 is 22.5 Å². The molecule has 4 atom stereocenters. The zero-order valence-corrected chi connectivity index (χ0v) is 26.2. The summed E-state index contributed by atoms with van der Waals surface area (Å²) in [5.41, 5.74) is 19.9. The highest BCUT2D eigenvalue weighted by Gasteiger charge is 2.20. The number of benzene rings is 3. The zero-order valence-electron chi connectivity index (χ0n) is 26.2. The third kappa shape index (κ3) is 14.0. The summed E-state index contributed by atoms with van der Waals surface area (Å²) in [6, 6.07) is 20.6. The number of aromatic hydroxyl groups is 1. The first-order valence-corrected chi connectivity index (χ1v) is 15.1. The van der Waals surface area contributed by atoms with Crippen molar-refractivity contribution >= 4 is 34.8 Å². The van der Waals surface area contributed by atoms with E-state index in [1.807, 2.05) is 60.8 Å². The van der Waals surface area contributed by atoms with Crippen LogP contribution in [0.5, 0.6) is 5.75 Å². The van der Waals surface area contributed by atoms with E-state index in [0.717, 1.165) is 47.0 Å². The van der Waals surface area contributed by atoms with Crippen LogP contribution in [0.3, 0.4) is 0 Å². The lowest BCUT2D eigenvalue weighted by Gasteiger charge is -2.05. The van der Waals surface area contributed by atoms with Crippen molar-refractivity contribution in [3.63, 3.8) is 0 Å². The Morgan fingerprint density at radius 2 is 1.19 bits per heavy atom. The molecule has 1 aliphatic heterocycles. The summed E-state index contributed by atoms with van der Waals surface area (Å²) < 4.78 is 0. The topological polar surface area (TPSA) is 275 Å². The summed E-state index contributed by atoms with van der Waals surface area (Å²) in [7, 11) is 0. The van der Waals surface area contributed by atoms with Gasteiger partial charge in [0, 0.05) is 23.5 Å². The third-order valence-corrected chi connectivity index (χ3v) is 7.12. The fourth-order valence-electron chi connectivity index (χ4n) is 4.45. The molecule has 0 aliphatic carbocycles. The molecule has 258 valence electrons. The second-order valence-electron chi connectivity index (χ2n) is 10.9. The molecule has 14 heteroatoms. The Morgan fingerprint density at radius 3 is 1.67 bits per heavy atom. The van der Waals surface area contributed by atoms with Crippen molar-refractivity contribution < 1.29 is 44.7 Å². The van der Waals surface area contributed by atoms with E-state index in [4.69, 9.17) is 42.7 Å². The fraction of sp³-hybridized carbons (Fsp3) is 0.294. The number of phenols is 1. The van der Waals surface area contributed by atoms with Gasteiger partial charge in [-0.25, -0.2) is 0 Å². The predicted molar refractivity (Wildman–Crippen MR) is 179 cm³/mol. The number of hydrogen-bond donors (Lipinski definition) is 10. The van der Waals surface area contributed by atoms with E-state index in [0.29, 0.717) is 12.8 Å². The van der Waals surface area contributed by atoms with Gasteiger partial charge in [0.2, 0.25) is 0 Å². The maximum absolute atomic E-state index is 10.6. The van der Waals surface area contributed by atoms with Crippen molar-refractivity contribution in [1.82, 2.24) is 10.3 Å². The molecule has 1 fully saturated rings. The maximum Gasteiger partial charge on any atom is 0.320 e. The van der Waals surface area contributed by atoms with Crippen LogP contribution in [0.25, 0.3) is 10.9 Å². The first-order chi connectivity index (χ1) is 22.8. The van der Waals surface area contributed by atoms with Gasteiger partial charge in [0.25, 0.3) is 0 Å². The number of aromatic amines is 1. The number of rotatable bonds is 10. The van der Waals surface area contributed by atoms with Crippen molar-refractivity contribution in [3.05, 3.63) is 102 Å². The molecule has 0 unspecified atom stereocenters. The molecule has 5 rings (SSSR count). The Labute approximate surface area is 277 Å². The smallest absolute Gasteiger partial charge is 0.320 e. The number of fused-ring (bicyclic) bond motifs is 1. The van der Waals surface area contributed by atoms with E-state index in [2.05, 4.69) is 10.3 Å². The lowest BCUT2D eigenvalue weighted by Crippen LogP contribution is -2.32. The van der Waals surface area contributed by atoms with Crippen LogP contribution >= 0.6 is 0 Å². The van der Waals surface area contributed by atoms with E-state index < -0.39 is 42.0 Å². The molecule has 0 amide bonds. The van der Waals surface area contributed by atoms with Gasteiger partial charge in [-0.2, -0.15) is 0 Å². The summed E-state index contributed by atoms with van der Waals surface area (Å²) in [4.78, 5) is 44.6. The minimum absolute atomic E-state index is 0.160. The van der Waals surface area contributed by atoms with Crippen molar-refractivity contribution in [2.75, 3.05) is 6.54 Å². The molecule has 4 aromatic rings. The fourth-order valence-corrected chi connectivity index (χ4v) is 4.45. The zero-order chi connectivity index (χ0) is 35.6. The molecular weight excluding hydrogens is 622 g/mol. The number of aliphatic carboxylic acids is 4. The Morgan fingerprint density at radius 1 is 0.688 bits per heavy atom. The number of carboxylic acid groups (broad SMARTS) is 4. The molecule has 0 bridgehead atoms. The van der Waals surface area contributed by atoms with Gasteiger partial charge >= 0.3 is 23.9 Å². The predicted octanol–water partition coefficient (Wildman–Crippen LogP) is 1.93. The number of phenolic OH excluding ortho intramolecular Hbond substituents is 1. The quantitative estimate of drug-likeness (QED) is 0.116. The van der Waals surface area contributed by atoms with Gasteiger partial charge in [0.1, 0.15) is 29.9 Å². The van der Waals surface area contributed by atoms with Gasteiger partial charge in [0.15, 0.2) is 0 Å². The summed E-state index contributed by atoms with van der Waals surface area (Å²) in [5.74, 6) is -3.51. The summed E-state index contributed by atoms with van der Waals surface area (Å²) in [6.45, 7) is 0.858. The SMILES string of the molecule is N[C@@H](Cc1c[nH]c2ccccc12)C(=O)O.N[C@@H](Cc1ccc(O)cc1)C(=O)O.N[C@@H](Cc1ccccc1)C(=O)O.O=C(O)[C@@H]1CCCN1. The van der Waals surface area contributed by atoms with Crippen LogP contribution in [0.2, 0.25) is 0 Å². The molecule has 1 aliphatic rings. The average Bonchev–Trinajstić information content (AvgIpc) is 3.75. The van der Waals surface area contributed by atoms with Gasteiger partial charge in [-0.1, -0.05) is 60.7 Å². The van der Waals surface area contributed by atoms with Crippen LogP contribution in [0, 0.1) is 0 Å². The van der Waals surface area contributed by atoms with Gasteiger partial charge in [-0.05, 0) is 67.1 Å². The Hall–Kier alpha value is -5.28. The molecule has 2 heterocycles. The molecule has 13 N–H and O–H groups in total. The van der Waals surface area contributed by atoms with Gasteiger partial charge in [-0.3, -0.25) is 19.2 Å². The van der Waals surface area contributed by atoms with Gasteiger partial charge in [0.05, 0.1) is 0 Å². The Bertz CT molecular complexity index is 1590. The summed E-state index contributed by atoms with van der Waals surface area (Å²) in [5, 5.41) is 47.0. The monoisotopic (exact) mass is 665 g/mol. The number of hydrogen-bond acceptors (Lipinski definition) is 9. The van der Waals surface area contributed by atoms with Crippen molar-refractivity contribution in [1.29, 1.82) is 0 Å². The summed E-state index contributed by atoms with van der Waals surface area (Å²) in [6.07, 6.45) is 4.60. The molecule has 0 spiro atoms. The number of carbonyl (C=O) groups is 4. The highest BCUT2D eigenvalue weighted by Crippen LogP contribution is 2.18. The number of para-hydroxylation sites is 1. The first-order valence-electron chi connectivity index (χ1n) is 15.1. The number of nitrogens with one attached hydrogen (secondary N) is 2. The van der Waals surface area contributed by atoms with Crippen molar-refractivity contribution in [3.8, 4) is 5.75 Å². The molecule has 48 heavy (non-hydrogen) atoms. The van der Waals surface area contributed by atoms with Gasteiger partial charge in [-0.15, -0.1) is 0 Å². The van der Waals surface area contributed by atoms with E-state index in [1.54, 1.807) is 12.1 Å². The maximum atomic E-state index is 10.6. The Kier molecular flexibility index (Phi) is 16.3. The van der Waals surface area contributed by atoms with Crippen LogP contribution in [-0.2, 0) is 38.4 Å². The standard InChI is InChI=1S/C11H12N2O2.C9H11NO3.C9H11NO2.C5H9NO2/c12-9(11(14)15)5-7-6-13-10-4-2-1-3-8(7)10;10-8(9(12)13)5-6-1-3-7(11)4-2-6;10-8(9(11)12)6-7-4-2-1-3-5-7;7-5(8)4-2-1-3-6-4/h1-4,6,9,13H,5,12H2,(H,14,15);1-4,8,11H,5,10H2,(H,12,13);1-5,8H,6,10H2,(H,11,12);4,6H,1-3H2,(H,7,8)/t9-;2*8-;4-/m0000/s1. The second kappa shape index (κ2) is 20.1. The summed E-state index contributed by atoms with van der Waals surface area (Å²) >= 11 is 0. The molecule has 1 saturated heterocycles. The molecule has 14 nitrogen and oxygen atoms in total. The number of H-pyrrole nitrogens is 1.